The molecule has 0 bridgehead atoms. The van der Waals surface area contributed by atoms with Crippen LogP contribution in [-0.4, -0.2) is 49.8 Å². The van der Waals surface area contributed by atoms with Gasteiger partial charge in [-0.3, -0.25) is 4.79 Å². The quantitative estimate of drug-likeness (QED) is 0.492. The van der Waals surface area contributed by atoms with Crippen LogP contribution < -0.4 is 10.6 Å². The van der Waals surface area contributed by atoms with Gasteiger partial charge in [0.2, 0.25) is 5.91 Å². The number of amides is 1. The van der Waals surface area contributed by atoms with Crippen molar-refractivity contribution in [3.63, 3.8) is 0 Å². The lowest BCUT2D eigenvalue weighted by molar-refractivity contribution is -0.143. The number of carboxylic acids is 1. The van der Waals surface area contributed by atoms with Crippen molar-refractivity contribution in [2.24, 2.45) is 5.92 Å². The van der Waals surface area contributed by atoms with E-state index in [2.05, 4.69) is 10.6 Å². The summed E-state index contributed by atoms with van der Waals surface area (Å²) in [6.45, 7) is 4.87. The van der Waals surface area contributed by atoms with Gasteiger partial charge in [0.05, 0.1) is 13.2 Å². The molecule has 1 amide bonds. The number of nitrogens with one attached hydrogen (secondary N) is 2. The zero-order valence-electron chi connectivity index (χ0n) is 10.7. The van der Waals surface area contributed by atoms with Gasteiger partial charge in [-0.05, 0) is 5.92 Å². The standard InChI is InChI=1S/C11H22N2O4/c1-4-8(2)10(11(15)16)13-9(14)7-12-5-6-17-3/h8,10,12H,4-7H2,1-3H3,(H,13,14)(H,15,16). The maximum atomic E-state index is 11.5. The Labute approximate surface area is 102 Å². The Balaban J connectivity index is 4.00. The first kappa shape index (κ1) is 15.9. The molecule has 0 heterocycles. The second kappa shape index (κ2) is 8.95. The lowest BCUT2D eigenvalue weighted by Gasteiger charge is -2.20. The second-order valence-electron chi connectivity index (χ2n) is 3.94. The molecule has 0 fully saturated rings. The van der Waals surface area contributed by atoms with Gasteiger partial charge >= 0.3 is 5.97 Å². The molecule has 0 aliphatic carbocycles. The lowest BCUT2D eigenvalue weighted by Crippen LogP contribution is -2.48. The van der Waals surface area contributed by atoms with Crippen molar-refractivity contribution < 1.29 is 19.4 Å². The first-order chi connectivity index (χ1) is 8.02. The van der Waals surface area contributed by atoms with Crippen molar-refractivity contribution in [1.82, 2.24) is 10.6 Å². The number of methoxy groups -OCH3 is 1. The number of carbonyl (C=O) groups excluding carboxylic acids is 1. The summed E-state index contributed by atoms with van der Waals surface area (Å²) in [5, 5.41) is 14.3. The fraction of sp³-hybridized carbons (Fsp3) is 0.818. The second-order valence-corrected chi connectivity index (χ2v) is 3.94. The van der Waals surface area contributed by atoms with Gasteiger partial charge in [-0.15, -0.1) is 0 Å². The molecule has 0 radical (unpaired) electrons. The average molecular weight is 246 g/mol. The Bertz CT molecular complexity index is 246. The van der Waals surface area contributed by atoms with E-state index in [-0.39, 0.29) is 18.4 Å². The molecule has 0 aromatic rings. The van der Waals surface area contributed by atoms with E-state index in [1.807, 2.05) is 6.92 Å². The molecule has 3 N–H and O–H groups in total. The molecule has 2 unspecified atom stereocenters. The van der Waals surface area contributed by atoms with Crippen LogP contribution in [0.4, 0.5) is 0 Å². The van der Waals surface area contributed by atoms with Crippen LogP contribution in [0.15, 0.2) is 0 Å². The highest BCUT2D eigenvalue weighted by atomic mass is 16.5. The number of hydrogen-bond donors (Lipinski definition) is 3. The van der Waals surface area contributed by atoms with Crippen molar-refractivity contribution in [2.75, 3.05) is 26.8 Å². The minimum absolute atomic E-state index is 0.0876. The number of rotatable bonds is 9. The van der Waals surface area contributed by atoms with Crippen LogP contribution >= 0.6 is 0 Å². The van der Waals surface area contributed by atoms with Gasteiger partial charge in [-0.1, -0.05) is 20.3 Å². The molecule has 100 valence electrons. The van der Waals surface area contributed by atoms with Crippen molar-refractivity contribution in [3.05, 3.63) is 0 Å². The minimum Gasteiger partial charge on any atom is -0.480 e. The molecule has 0 saturated carbocycles. The molecule has 0 aromatic carbocycles. The monoisotopic (exact) mass is 246 g/mol. The zero-order valence-corrected chi connectivity index (χ0v) is 10.7. The number of carboxylic acid groups (broad SMARTS) is 1. The van der Waals surface area contributed by atoms with Crippen LogP contribution in [0.5, 0.6) is 0 Å². The molecule has 0 spiro atoms. The summed E-state index contributed by atoms with van der Waals surface area (Å²) in [6, 6.07) is -0.822. The molecular formula is C11H22N2O4. The zero-order chi connectivity index (χ0) is 13.3. The molecule has 6 heteroatoms. The number of hydrogen-bond acceptors (Lipinski definition) is 4. The molecule has 0 rings (SSSR count). The third-order valence-corrected chi connectivity index (χ3v) is 2.56. The number of ether oxygens (including phenoxy) is 1. The molecule has 2 atom stereocenters. The van der Waals surface area contributed by atoms with Crippen molar-refractivity contribution in [3.8, 4) is 0 Å². The highest BCUT2D eigenvalue weighted by Gasteiger charge is 2.24. The van der Waals surface area contributed by atoms with Gasteiger partial charge in [0.25, 0.3) is 0 Å². The van der Waals surface area contributed by atoms with Crippen LogP contribution in [0.25, 0.3) is 0 Å². The molecule has 0 saturated heterocycles. The predicted molar refractivity (Wildman–Crippen MR) is 63.8 cm³/mol. The summed E-state index contributed by atoms with van der Waals surface area (Å²) in [5.41, 5.74) is 0. The van der Waals surface area contributed by atoms with E-state index in [1.165, 1.54) is 0 Å². The van der Waals surface area contributed by atoms with Gasteiger partial charge in [-0.25, -0.2) is 4.79 Å². The largest absolute Gasteiger partial charge is 0.480 e. The molecule has 0 aliphatic rings. The minimum atomic E-state index is -0.996. The van der Waals surface area contributed by atoms with E-state index >= 15 is 0 Å². The summed E-state index contributed by atoms with van der Waals surface area (Å²) >= 11 is 0. The first-order valence-corrected chi connectivity index (χ1v) is 5.74. The first-order valence-electron chi connectivity index (χ1n) is 5.74. The summed E-state index contributed by atoms with van der Waals surface area (Å²) in [6.07, 6.45) is 0.703. The van der Waals surface area contributed by atoms with Crippen molar-refractivity contribution >= 4 is 11.9 Å². The fourth-order valence-electron chi connectivity index (χ4n) is 1.28. The van der Waals surface area contributed by atoms with Gasteiger partial charge < -0.3 is 20.5 Å². The van der Waals surface area contributed by atoms with Crippen LogP contribution in [0.2, 0.25) is 0 Å². The summed E-state index contributed by atoms with van der Waals surface area (Å²) < 4.78 is 4.81. The molecular weight excluding hydrogens is 224 g/mol. The highest BCUT2D eigenvalue weighted by molar-refractivity contribution is 5.84. The summed E-state index contributed by atoms with van der Waals surface area (Å²) in [7, 11) is 1.57. The van der Waals surface area contributed by atoms with E-state index in [1.54, 1.807) is 14.0 Å². The Morgan fingerprint density at radius 3 is 2.53 bits per heavy atom. The molecule has 0 aliphatic heterocycles. The molecule has 0 aromatic heterocycles. The maximum Gasteiger partial charge on any atom is 0.326 e. The molecule has 6 nitrogen and oxygen atoms in total. The summed E-state index contributed by atoms with van der Waals surface area (Å²) in [5.74, 6) is -1.39. The topological polar surface area (TPSA) is 87.7 Å². The number of carbonyl (C=O) groups is 2. The predicted octanol–water partition coefficient (Wildman–Crippen LogP) is -0.162. The Kier molecular flexibility index (Phi) is 8.35. The van der Waals surface area contributed by atoms with Crippen LogP contribution in [-0.2, 0) is 14.3 Å². The van der Waals surface area contributed by atoms with Crippen molar-refractivity contribution in [1.29, 1.82) is 0 Å². The van der Waals surface area contributed by atoms with Gasteiger partial charge in [0, 0.05) is 13.7 Å². The number of aliphatic carboxylic acids is 1. The summed E-state index contributed by atoms with van der Waals surface area (Å²) in [4.78, 5) is 22.4. The van der Waals surface area contributed by atoms with Crippen LogP contribution in [0.1, 0.15) is 20.3 Å². The molecule has 17 heavy (non-hydrogen) atoms. The third-order valence-electron chi connectivity index (χ3n) is 2.56. The lowest BCUT2D eigenvalue weighted by atomic mass is 9.99. The van der Waals surface area contributed by atoms with E-state index < -0.39 is 12.0 Å². The van der Waals surface area contributed by atoms with E-state index in [0.717, 1.165) is 0 Å². The van der Waals surface area contributed by atoms with Crippen LogP contribution in [0.3, 0.4) is 0 Å². The van der Waals surface area contributed by atoms with Crippen LogP contribution in [0, 0.1) is 5.92 Å². The van der Waals surface area contributed by atoms with Gasteiger partial charge in [0.1, 0.15) is 6.04 Å². The van der Waals surface area contributed by atoms with E-state index in [9.17, 15) is 9.59 Å². The average Bonchev–Trinajstić information content (AvgIpc) is 2.30. The van der Waals surface area contributed by atoms with E-state index in [0.29, 0.717) is 19.6 Å². The third kappa shape index (κ3) is 6.91. The highest BCUT2D eigenvalue weighted by Crippen LogP contribution is 2.07. The Morgan fingerprint density at radius 2 is 2.06 bits per heavy atom. The van der Waals surface area contributed by atoms with Gasteiger partial charge in [-0.2, -0.15) is 0 Å². The fourth-order valence-corrected chi connectivity index (χ4v) is 1.28. The van der Waals surface area contributed by atoms with E-state index in [4.69, 9.17) is 9.84 Å². The Hall–Kier alpha value is -1.14. The van der Waals surface area contributed by atoms with Gasteiger partial charge in [0.15, 0.2) is 0 Å². The van der Waals surface area contributed by atoms with Crippen molar-refractivity contribution in [2.45, 2.75) is 26.3 Å². The Morgan fingerprint density at radius 1 is 1.41 bits per heavy atom. The maximum absolute atomic E-state index is 11.5. The SMILES string of the molecule is CCC(C)C(NC(=O)CNCCOC)C(=O)O. The smallest absolute Gasteiger partial charge is 0.326 e. The normalized spacial score (nSPS) is 14.1.